The molecule has 0 aliphatic carbocycles. The highest BCUT2D eigenvalue weighted by atomic mass is 16.6. The molecule has 1 amide bonds. The smallest absolute Gasteiger partial charge is 0.410 e. The number of carbonyl (C=O) groups excluding carboxylic acids is 1. The van der Waals surface area contributed by atoms with E-state index in [1.54, 1.807) is 11.8 Å². The van der Waals surface area contributed by atoms with Crippen LogP contribution in [0.2, 0.25) is 0 Å². The number of pyridine rings is 1. The first-order chi connectivity index (χ1) is 10.2. The number of nitrogens with zero attached hydrogens (tertiary/aromatic N) is 2. The molecule has 0 unspecified atom stereocenters. The quantitative estimate of drug-likeness (QED) is 0.888. The number of aryl methyl sites for hydroxylation is 1. The first kappa shape index (κ1) is 16.1. The van der Waals surface area contributed by atoms with Crippen molar-refractivity contribution in [3.05, 3.63) is 23.4 Å². The summed E-state index contributed by atoms with van der Waals surface area (Å²) in [5.74, 6) is -0.483. The maximum atomic E-state index is 11.8. The lowest BCUT2D eigenvalue weighted by molar-refractivity contribution is 0.0104. The van der Waals surface area contributed by atoms with Gasteiger partial charge >= 0.3 is 12.1 Å². The fourth-order valence-electron chi connectivity index (χ4n) is 2.09. The van der Waals surface area contributed by atoms with Gasteiger partial charge in [0.25, 0.3) is 0 Å². The van der Waals surface area contributed by atoms with E-state index in [0.717, 1.165) is 0 Å². The second-order valence-electron chi connectivity index (χ2n) is 6.42. The largest absolute Gasteiger partial charge is 0.478 e. The van der Waals surface area contributed by atoms with Gasteiger partial charge < -0.3 is 20.1 Å². The summed E-state index contributed by atoms with van der Waals surface area (Å²) in [4.78, 5) is 28.7. The van der Waals surface area contributed by atoms with Gasteiger partial charge in [0.1, 0.15) is 11.4 Å². The zero-order valence-corrected chi connectivity index (χ0v) is 13.2. The molecule has 1 saturated heterocycles. The third-order valence-corrected chi connectivity index (χ3v) is 3.22. The van der Waals surface area contributed by atoms with Crippen molar-refractivity contribution in [1.29, 1.82) is 0 Å². The van der Waals surface area contributed by atoms with E-state index >= 15 is 0 Å². The van der Waals surface area contributed by atoms with Crippen LogP contribution in [-0.2, 0) is 4.74 Å². The Morgan fingerprint density at radius 1 is 1.41 bits per heavy atom. The predicted molar refractivity (Wildman–Crippen MR) is 81.2 cm³/mol. The van der Waals surface area contributed by atoms with Gasteiger partial charge in [0, 0.05) is 19.3 Å². The summed E-state index contributed by atoms with van der Waals surface area (Å²) in [6.07, 6.45) is 1.18. The normalized spacial score (nSPS) is 15.2. The van der Waals surface area contributed by atoms with Crippen LogP contribution in [0.5, 0.6) is 0 Å². The van der Waals surface area contributed by atoms with Crippen molar-refractivity contribution in [2.24, 2.45) is 0 Å². The molecule has 0 bridgehead atoms. The zero-order chi connectivity index (χ0) is 16.5. The lowest BCUT2D eigenvalue weighted by Gasteiger charge is -2.40. The molecule has 7 heteroatoms. The molecular weight excluding hydrogens is 286 g/mol. The number of carbonyl (C=O) groups is 2. The van der Waals surface area contributed by atoms with Crippen LogP contribution in [0.3, 0.4) is 0 Å². The Hall–Kier alpha value is -2.31. The molecule has 2 rings (SSSR count). The van der Waals surface area contributed by atoms with Gasteiger partial charge in [-0.25, -0.2) is 14.6 Å². The number of carboxylic acids is 1. The number of carboxylic acid groups (broad SMARTS) is 1. The molecule has 2 heterocycles. The molecule has 1 aromatic heterocycles. The number of aromatic carboxylic acids is 1. The van der Waals surface area contributed by atoms with Gasteiger partial charge in [0.15, 0.2) is 0 Å². The lowest BCUT2D eigenvalue weighted by Crippen LogP contribution is -2.58. The molecule has 1 aromatic rings. The fraction of sp³-hybridized carbons (Fsp3) is 0.533. The Morgan fingerprint density at radius 3 is 2.59 bits per heavy atom. The summed E-state index contributed by atoms with van der Waals surface area (Å²) in [7, 11) is 0. The van der Waals surface area contributed by atoms with Crippen LogP contribution in [0, 0.1) is 6.92 Å². The number of aromatic nitrogens is 1. The summed E-state index contributed by atoms with van der Waals surface area (Å²) in [5.41, 5.74) is 0.327. The van der Waals surface area contributed by atoms with Crippen molar-refractivity contribution in [1.82, 2.24) is 9.88 Å². The van der Waals surface area contributed by atoms with Crippen molar-refractivity contribution < 1.29 is 19.4 Å². The third kappa shape index (κ3) is 3.87. The van der Waals surface area contributed by atoms with E-state index in [-0.39, 0.29) is 17.7 Å². The summed E-state index contributed by atoms with van der Waals surface area (Å²) in [6, 6.07) is 1.55. The molecule has 120 valence electrons. The van der Waals surface area contributed by atoms with E-state index in [1.165, 1.54) is 12.3 Å². The second-order valence-corrected chi connectivity index (χ2v) is 6.42. The lowest BCUT2D eigenvalue weighted by atomic mass is 10.1. The number of ether oxygens (including phenoxy) is 1. The Balaban J connectivity index is 1.89. The maximum absolute atomic E-state index is 11.8. The van der Waals surface area contributed by atoms with Crippen molar-refractivity contribution in [3.8, 4) is 0 Å². The number of hydrogen-bond donors (Lipinski definition) is 2. The SMILES string of the molecule is Cc1cnc(NC2CN(C(=O)OC(C)(C)C)C2)cc1C(=O)O. The molecule has 7 nitrogen and oxygen atoms in total. The van der Waals surface area contributed by atoms with Crippen LogP contribution in [0.1, 0.15) is 36.7 Å². The van der Waals surface area contributed by atoms with Gasteiger partial charge in [-0.15, -0.1) is 0 Å². The van der Waals surface area contributed by atoms with Crippen molar-refractivity contribution in [2.75, 3.05) is 18.4 Å². The fourth-order valence-corrected chi connectivity index (χ4v) is 2.09. The van der Waals surface area contributed by atoms with Crippen molar-refractivity contribution >= 4 is 17.9 Å². The molecule has 1 aliphatic rings. The predicted octanol–water partition coefficient (Wildman–Crippen LogP) is 2.12. The first-order valence-corrected chi connectivity index (χ1v) is 7.10. The highest BCUT2D eigenvalue weighted by molar-refractivity contribution is 5.90. The molecule has 0 atom stereocenters. The van der Waals surface area contributed by atoms with Crippen LogP contribution in [0.15, 0.2) is 12.3 Å². The van der Waals surface area contributed by atoms with Crippen LogP contribution in [-0.4, -0.2) is 51.8 Å². The third-order valence-electron chi connectivity index (χ3n) is 3.22. The number of anilines is 1. The van der Waals surface area contributed by atoms with Gasteiger partial charge in [-0.3, -0.25) is 0 Å². The molecule has 22 heavy (non-hydrogen) atoms. The number of rotatable bonds is 3. The summed E-state index contributed by atoms with van der Waals surface area (Å²) >= 11 is 0. The van der Waals surface area contributed by atoms with Crippen LogP contribution in [0.4, 0.5) is 10.6 Å². The Bertz CT molecular complexity index is 589. The van der Waals surface area contributed by atoms with Gasteiger partial charge in [-0.2, -0.15) is 0 Å². The molecule has 2 N–H and O–H groups in total. The Morgan fingerprint density at radius 2 is 2.05 bits per heavy atom. The highest BCUT2D eigenvalue weighted by Gasteiger charge is 2.33. The molecule has 1 aliphatic heterocycles. The molecule has 0 spiro atoms. The molecule has 0 aromatic carbocycles. The summed E-state index contributed by atoms with van der Waals surface area (Å²) < 4.78 is 5.27. The monoisotopic (exact) mass is 307 g/mol. The minimum absolute atomic E-state index is 0.0457. The van der Waals surface area contributed by atoms with E-state index < -0.39 is 11.6 Å². The van der Waals surface area contributed by atoms with Crippen LogP contribution < -0.4 is 5.32 Å². The summed E-state index contributed by atoms with van der Waals surface area (Å²) in [6.45, 7) is 8.19. The van der Waals surface area contributed by atoms with E-state index in [1.807, 2.05) is 20.8 Å². The van der Waals surface area contributed by atoms with Gasteiger partial charge in [-0.1, -0.05) is 0 Å². The number of hydrogen-bond acceptors (Lipinski definition) is 5. The number of nitrogens with one attached hydrogen (secondary N) is 1. The second kappa shape index (κ2) is 5.82. The molecular formula is C15H21N3O4. The van der Waals surface area contributed by atoms with E-state index in [2.05, 4.69) is 10.3 Å². The topological polar surface area (TPSA) is 91.8 Å². The molecule has 1 fully saturated rings. The molecule has 0 saturated carbocycles. The summed E-state index contributed by atoms with van der Waals surface area (Å²) in [5, 5.41) is 12.2. The zero-order valence-electron chi connectivity index (χ0n) is 13.2. The van der Waals surface area contributed by atoms with E-state index in [0.29, 0.717) is 24.5 Å². The standard InChI is InChI=1S/C15H21N3O4/c1-9-6-16-12(5-11(9)13(19)20)17-10-7-18(8-10)14(21)22-15(2,3)4/h5-6,10H,7-8H2,1-4H3,(H,16,17)(H,19,20). The Labute approximate surface area is 129 Å². The van der Waals surface area contributed by atoms with E-state index in [4.69, 9.17) is 9.84 Å². The van der Waals surface area contributed by atoms with Crippen molar-refractivity contribution in [2.45, 2.75) is 39.3 Å². The van der Waals surface area contributed by atoms with Crippen LogP contribution >= 0.6 is 0 Å². The number of amides is 1. The van der Waals surface area contributed by atoms with Gasteiger partial charge in [-0.05, 0) is 39.3 Å². The Kier molecular flexibility index (Phi) is 4.25. The molecule has 0 radical (unpaired) electrons. The van der Waals surface area contributed by atoms with Crippen molar-refractivity contribution in [3.63, 3.8) is 0 Å². The number of likely N-dealkylation sites (tertiary alicyclic amines) is 1. The highest BCUT2D eigenvalue weighted by Crippen LogP contribution is 2.19. The minimum atomic E-state index is -0.980. The van der Waals surface area contributed by atoms with Gasteiger partial charge in [0.05, 0.1) is 11.6 Å². The minimum Gasteiger partial charge on any atom is -0.478 e. The van der Waals surface area contributed by atoms with Gasteiger partial charge in [0.2, 0.25) is 0 Å². The van der Waals surface area contributed by atoms with E-state index in [9.17, 15) is 9.59 Å². The maximum Gasteiger partial charge on any atom is 0.410 e. The average Bonchev–Trinajstić information content (AvgIpc) is 2.32. The average molecular weight is 307 g/mol. The first-order valence-electron chi connectivity index (χ1n) is 7.10. The van der Waals surface area contributed by atoms with Crippen LogP contribution in [0.25, 0.3) is 0 Å².